The second kappa shape index (κ2) is 4.99. The number of aryl methyl sites for hydroxylation is 1. The first-order valence-corrected chi connectivity index (χ1v) is 4.58. The van der Waals surface area contributed by atoms with E-state index >= 15 is 0 Å². The van der Waals surface area contributed by atoms with Crippen molar-refractivity contribution in [1.29, 1.82) is 0 Å². The standard InChI is InChI=1S/C9H17N3O/c1-3-9(7-13)10-4-8-5-11-12(2)6-8/h5-6,9-10,13H,3-4,7H2,1-2H3. The zero-order valence-electron chi connectivity index (χ0n) is 8.20. The minimum absolute atomic E-state index is 0.191. The monoisotopic (exact) mass is 183 g/mol. The fourth-order valence-corrected chi connectivity index (χ4v) is 1.16. The van der Waals surface area contributed by atoms with Crippen molar-refractivity contribution in [3.8, 4) is 0 Å². The highest BCUT2D eigenvalue weighted by atomic mass is 16.3. The zero-order valence-corrected chi connectivity index (χ0v) is 8.20. The molecular formula is C9H17N3O. The van der Waals surface area contributed by atoms with Crippen LogP contribution in [0.15, 0.2) is 12.4 Å². The van der Waals surface area contributed by atoms with Crippen LogP contribution in [0.5, 0.6) is 0 Å². The summed E-state index contributed by atoms with van der Waals surface area (Å²) in [4.78, 5) is 0. The van der Waals surface area contributed by atoms with Crippen LogP contribution in [0.1, 0.15) is 18.9 Å². The average Bonchev–Trinajstić information content (AvgIpc) is 2.53. The third-order valence-corrected chi connectivity index (χ3v) is 2.07. The lowest BCUT2D eigenvalue weighted by Crippen LogP contribution is -2.30. The van der Waals surface area contributed by atoms with Gasteiger partial charge in [-0.05, 0) is 6.42 Å². The quantitative estimate of drug-likeness (QED) is 0.689. The first-order chi connectivity index (χ1) is 6.26. The van der Waals surface area contributed by atoms with Gasteiger partial charge in [0.25, 0.3) is 0 Å². The van der Waals surface area contributed by atoms with Crippen LogP contribution in [0.25, 0.3) is 0 Å². The highest BCUT2D eigenvalue weighted by molar-refractivity contribution is 5.03. The number of aliphatic hydroxyl groups is 1. The minimum atomic E-state index is 0.191. The summed E-state index contributed by atoms with van der Waals surface area (Å²) in [6, 6.07) is 0.195. The summed E-state index contributed by atoms with van der Waals surface area (Å²) < 4.78 is 1.77. The Morgan fingerprint density at radius 2 is 2.46 bits per heavy atom. The van der Waals surface area contributed by atoms with E-state index in [0.717, 1.165) is 18.5 Å². The Kier molecular flexibility index (Phi) is 3.92. The molecule has 0 aliphatic rings. The van der Waals surface area contributed by atoms with Gasteiger partial charge in [0.15, 0.2) is 0 Å². The number of rotatable bonds is 5. The third kappa shape index (κ3) is 3.16. The van der Waals surface area contributed by atoms with Crippen molar-refractivity contribution in [3.05, 3.63) is 18.0 Å². The first-order valence-electron chi connectivity index (χ1n) is 4.58. The van der Waals surface area contributed by atoms with Gasteiger partial charge in [-0.3, -0.25) is 4.68 Å². The first kappa shape index (κ1) is 10.2. The molecule has 1 aromatic rings. The second-order valence-electron chi connectivity index (χ2n) is 3.19. The minimum Gasteiger partial charge on any atom is -0.395 e. The van der Waals surface area contributed by atoms with E-state index in [0.29, 0.717) is 0 Å². The van der Waals surface area contributed by atoms with Gasteiger partial charge in [0.05, 0.1) is 12.8 Å². The molecule has 13 heavy (non-hydrogen) atoms. The van der Waals surface area contributed by atoms with Crippen LogP contribution in [-0.2, 0) is 13.6 Å². The second-order valence-corrected chi connectivity index (χ2v) is 3.19. The molecule has 0 aliphatic heterocycles. The summed E-state index contributed by atoms with van der Waals surface area (Å²) in [5.74, 6) is 0. The smallest absolute Gasteiger partial charge is 0.0584 e. The molecule has 1 heterocycles. The van der Waals surface area contributed by atoms with Crippen LogP contribution in [0.2, 0.25) is 0 Å². The third-order valence-electron chi connectivity index (χ3n) is 2.07. The summed E-state index contributed by atoms with van der Waals surface area (Å²) >= 11 is 0. The van der Waals surface area contributed by atoms with E-state index in [1.807, 2.05) is 19.4 Å². The maximum Gasteiger partial charge on any atom is 0.0584 e. The lowest BCUT2D eigenvalue weighted by molar-refractivity contribution is 0.238. The Bertz CT molecular complexity index is 243. The van der Waals surface area contributed by atoms with Crippen LogP contribution in [0.3, 0.4) is 0 Å². The molecule has 0 spiro atoms. The molecule has 74 valence electrons. The van der Waals surface area contributed by atoms with Crippen molar-refractivity contribution >= 4 is 0 Å². The SMILES string of the molecule is CCC(CO)NCc1cnn(C)c1. The van der Waals surface area contributed by atoms with E-state index in [9.17, 15) is 0 Å². The van der Waals surface area contributed by atoms with E-state index in [4.69, 9.17) is 5.11 Å². The van der Waals surface area contributed by atoms with Crippen LogP contribution in [-0.4, -0.2) is 27.5 Å². The van der Waals surface area contributed by atoms with Crippen molar-refractivity contribution in [2.45, 2.75) is 25.9 Å². The van der Waals surface area contributed by atoms with Gasteiger partial charge in [-0.2, -0.15) is 5.10 Å². The Hall–Kier alpha value is -0.870. The lowest BCUT2D eigenvalue weighted by Gasteiger charge is -2.12. The van der Waals surface area contributed by atoms with Gasteiger partial charge >= 0.3 is 0 Å². The molecule has 0 saturated carbocycles. The molecule has 0 aliphatic carbocycles. The number of hydrogen-bond acceptors (Lipinski definition) is 3. The summed E-state index contributed by atoms with van der Waals surface area (Å²) in [6.07, 6.45) is 4.74. The van der Waals surface area contributed by atoms with Crippen molar-refractivity contribution in [3.63, 3.8) is 0 Å². The average molecular weight is 183 g/mol. The molecule has 1 aromatic heterocycles. The van der Waals surface area contributed by atoms with Gasteiger partial charge in [0.2, 0.25) is 0 Å². The molecule has 0 bridgehead atoms. The fraction of sp³-hybridized carbons (Fsp3) is 0.667. The highest BCUT2D eigenvalue weighted by Crippen LogP contribution is 1.97. The van der Waals surface area contributed by atoms with E-state index in [2.05, 4.69) is 17.3 Å². The van der Waals surface area contributed by atoms with Crippen molar-refractivity contribution in [1.82, 2.24) is 15.1 Å². The fourth-order valence-electron chi connectivity index (χ4n) is 1.16. The summed E-state index contributed by atoms with van der Waals surface area (Å²) in [5, 5.41) is 16.2. The molecule has 1 unspecified atom stereocenters. The Morgan fingerprint density at radius 3 is 2.92 bits per heavy atom. The van der Waals surface area contributed by atoms with Gasteiger partial charge in [-0.1, -0.05) is 6.92 Å². The van der Waals surface area contributed by atoms with E-state index in [1.54, 1.807) is 4.68 Å². The Morgan fingerprint density at radius 1 is 1.69 bits per heavy atom. The van der Waals surface area contributed by atoms with Crippen LogP contribution < -0.4 is 5.32 Å². The maximum absolute atomic E-state index is 8.93. The molecule has 0 amide bonds. The van der Waals surface area contributed by atoms with Crippen LogP contribution >= 0.6 is 0 Å². The predicted molar refractivity (Wildman–Crippen MR) is 51.2 cm³/mol. The molecule has 0 aromatic carbocycles. The van der Waals surface area contributed by atoms with E-state index in [-0.39, 0.29) is 12.6 Å². The van der Waals surface area contributed by atoms with Gasteiger partial charge in [-0.25, -0.2) is 0 Å². The summed E-state index contributed by atoms with van der Waals surface area (Å²) in [7, 11) is 1.90. The molecule has 1 rings (SSSR count). The maximum atomic E-state index is 8.93. The van der Waals surface area contributed by atoms with Gasteiger partial charge < -0.3 is 10.4 Å². The lowest BCUT2D eigenvalue weighted by atomic mass is 10.2. The summed E-state index contributed by atoms with van der Waals surface area (Å²) in [5.41, 5.74) is 1.15. The molecular weight excluding hydrogens is 166 g/mol. The molecule has 4 nitrogen and oxygen atoms in total. The largest absolute Gasteiger partial charge is 0.395 e. The number of aromatic nitrogens is 2. The zero-order chi connectivity index (χ0) is 9.68. The topological polar surface area (TPSA) is 50.1 Å². The molecule has 0 saturated heterocycles. The predicted octanol–water partition coefficient (Wildman–Crippen LogP) is 0.281. The Balaban J connectivity index is 2.33. The van der Waals surface area contributed by atoms with Gasteiger partial charge in [0, 0.05) is 31.4 Å². The van der Waals surface area contributed by atoms with Crippen LogP contribution in [0, 0.1) is 0 Å². The molecule has 0 fully saturated rings. The molecule has 2 N–H and O–H groups in total. The van der Waals surface area contributed by atoms with Gasteiger partial charge in [0.1, 0.15) is 0 Å². The van der Waals surface area contributed by atoms with E-state index in [1.165, 1.54) is 0 Å². The normalized spacial score (nSPS) is 13.2. The van der Waals surface area contributed by atoms with Crippen molar-refractivity contribution in [2.75, 3.05) is 6.61 Å². The Labute approximate surface area is 78.6 Å². The molecule has 1 atom stereocenters. The molecule has 0 radical (unpaired) electrons. The molecule has 4 heteroatoms. The van der Waals surface area contributed by atoms with Crippen molar-refractivity contribution < 1.29 is 5.11 Å². The van der Waals surface area contributed by atoms with Crippen LogP contribution in [0.4, 0.5) is 0 Å². The highest BCUT2D eigenvalue weighted by Gasteiger charge is 2.03. The number of nitrogens with zero attached hydrogens (tertiary/aromatic N) is 2. The number of aliphatic hydroxyl groups excluding tert-OH is 1. The summed E-state index contributed by atoms with van der Waals surface area (Å²) in [6.45, 7) is 3.01. The number of nitrogens with one attached hydrogen (secondary N) is 1. The van der Waals surface area contributed by atoms with E-state index < -0.39 is 0 Å². The number of hydrogen-bond donors (Lipinski definition) is 2. The van der Waals surface area contributed by atoms with Crippen molar-refractivity contribution in [2.24, 2.45) is 7.05 Å². The van der Waals surface area contributed by atoms with Gasteiger partial charge in [-0.15, -0.1) is 0 Å².